The van der Waals surface area contributed by atoms with Crippen LogP contribution in [-0.2, 0) is 0 Å². The van der Waals surface area contributed by atoms with Gasteiger partial charge in [0.2, 0.25) is 0 Å². The summed E-state index contributed by atoms with van der Waals surface area (Å²) in [6.45, 7) is 6.64. The number of fused-ring (bicyclic) bond motifs is 1. The van der Waals surface area contributed by atoms with E-state index in [9.17, 15) is 15.3 Å². The second-order valence-electron chi connectivity index (χ2n) is 6.90. The van der Waals surface area contributed by atoms with Gasteiger partial charge in [-0.25, -0.2) is 0 Å². The fraction of sp³-hybridized carbons (Fsp3) is 0.867. The molecule has 1 saturated carbocycles. The number of aliphatic hydroxyl groups excluding tert-OH is 3. The van der Waals surface area contributed by atoms with Crippen molar-refractivity contribution in [2.45, 2.75) is 46.1 Å². The molecule has 0 unspecified atom stereocenters. The molecule has 0 spiro atoms. The Morgan fingerprint density at radius 3 is 2.50 bits per heavy atom. The Kier molecular flexibility index (Phi) is 3.86. The molecule has 2 aliphatic rings. The van der Waals surface area contributed by atoms with E-state index in [0.29, 0.717) is 12.3 Å². The van der Waals surface area contributed by atoms with Gasteiger partial charge in [0.25, 0.3) is 0 Å². The van der Waals surface area contributed by atoms with Crippen LogP contribution in [0.2, 0.25) is 0 Å². The quantitative estimate of drug-likeness (QED) is 0.658. The largest absolute Gasteiger partial charge is 0.396 e. The van der Waals surface area contributed by atoms with Crippen molar-refractivity contribution >= 4 is 0 Å². The summed E-state index contributed by atoms with van der Waals surface area (Å²) in [7, 11) is 0. The lowest BCUT2D eigenvalue weighted by Crippen LogP contribution is -2.26. The summed E-state index contributed by atoms with van der Waals surface area (Å²) >= 11 is 0. The summed E-state index contributed by atoms with van der Waals surface area (Å²) in [6, 6.07) is 0. The van der Waals surface area contributed by atoms with Crippen LogP contribution in [-0.4, -0.2) is 34.6 Å². The van der Waals surface area contributed by atoms with E-state index in [1.165, 1.54) is 5.57 Å². The van der Waals surface area contributed by atoms with E-state index in [1.54, 1.807) is 0 Å². The van der Waals surface area contributed by atoms with E-state index in [2.05, 4.69) is 20.8 Å². The van der Waals surface area contributed by atoms with E-state index in [-0.39, 0.29) is 36.6 Å². The van der Waals surface area contributed by atoms with Gasteiger partial charge < -0.3 is 15.3 Å². The van der Waals surface area contributed by atoms with Gasteiger partial charge in [-0.05, 0) is 42.1 Å². The maximum Gasteiger partial charge on any atom is 0.0648 e. The van der Waals surface area contributed by atoms with E-state index >= 15 is 0 Å². The number of aliphatic hydroxyl groups is 3. The van der Waals surface area contributed by atoms with Crippen molar-refractivity contribution in [3.63, 3.8) is 0 Å². The van der Waals surface area contributed by atoms with Crippen molar-refractivity contribution < 1.29 is 15.3 Å². The van der Waals surface area contributed by atoms with E-state index < -0.39 is 0 Å². The average Bonchev–Trinajstić information content (AvgIpc) is 2.59. The molecule has 104 valence electrons. The first-order valence-electron chi connectivity index (χ1n) is 7.01. The molecule has 3 heteroatoms. The molecule has 0 radical (unpaired) electrons. The van der Waals surface area contributed by atoms with E-state index in [0.717, 1.165) is 18.4 Å². The van der Waals surface area contributed by atoms with Crippen LogP contribution >= 0.6 is 0 Å². The molecule has 2 aliphatic carbocycles. The molecule has 3 nitrogen and oxygen atoms in total. The molecule has 4 atom stereocenters. The Labute approximate surface area is 110 Å². The minimum Gasteiger partial charge on any atom is -0.396 e. The lowest BCUT2D eigenvalue weighted by atomic mass is 9.83. The summed E-state index contributed by atoms with van der Waals surface area (Å²) in [6.07, 6.45) is 2.26. The molecule has 0 amide bonds. The third kappa shape index (κ3) is 2.36. The highest BCUT2D eigenvalue weighted by molar-refractivity contribution is 5.28. The van der Waals surface area contributed by atoms with Crippen LogP contribution < -0.4 is 0 Å². The monoisotopic (exact) mass is 254 g/mol. The fourth-order valence-corrected chi connectivity index (χ4v) is 3.89. The fourth-order valence-electron chi connectivity index (χ4n) is 3.89. The van der Waals surface area contributed by atoms with Crippen LogP contribution in [0.3, 0.4) is 0 Å². The second kappa shape index (κ2) is 4.95. The maximum atomic E-state index is 10.3. The van der Waals surface area contributed by atoms with Gasteiger partial charge in [-0.15, -0.1) is 0 Å². The Balaban J connectivity index is 2.43. The molecule has 3 N–H and O–H groups in total. The van der Waals surface area contributed by atoms with Crippen LogP contribution in [0.25, 0.3) is 0 Å². The van der Waals surface area contributed by atoms with Crippen LogP contribution in [0.1, 0.15) is 40.0 Å². The lowest BCUT2D eigenvalue weighted by molar-refractivity contribution is 0.0655. The standard InChI is InChI=1S/C15H26O3/c1-9-11-5-15(2,3)6-12(11)13(8-17)10(7-16)4-14(9)18/h9-11,14,16-18H,4-8H2,1-3H3/t9-,10-,11+,14-/m1/s1. The van der Waals surface area contributed by atoms with Gasteiger partial charge in [-0.1, -0.05) is 26.3 Å². The van der Waals surface area contributed by atoms with Gasteiger partial charge in [0.05, 0.1) is 12.7 Å². The number of rotatable bonds is 2. The third-order valence-electron chi connectivity index (χ3n) is 4.95. The van der Waals surface area contributed by atoms with Gasteiger partial charge in [-0.2, -0.15) is 0 Å². The lowest BCUT2D eigenvalue weighted by Gasteiger charge is -2.25. The molecular formula is C15H26O3. The van der Waals surface area contributed by atoms with Crippen molar-refractivity contribution in [3.05, 3.63) is 11.1 Å². The maximum absolute atomic E-state index is 10.3. The van der Waals surface area contributed by atoms with Crippen molar-refractivity contribution in [2.24, 2.45) is 23.2 Å². The summed E-state index contributed by atoms with van der Waals surface area (Å²) in [5.41, 5.74) is 2.55. The predicted molar refractivity (Wildman–Crippen MR) is 71.0 cm³/mol. The molecule has 0 aromatic heterocycles. The van der Waals surface area contributed by atoms with Crippen molar-refractivity contribution in [1.29, 1.82) is 0 Å². The topological polar surface area (TPSA) is 60.7 Å². The number of hydrogen-bond donors (Lipinski definition) is 3. The summed E-state index contributed by atoms with van der Waals surface area (Å²) in [5, 5.41) is 29.4. The first-order chi connectivity index (χ1) is 8.39. The van der Waals surface area contributed by atoms with Crippen LogP contribution in [0.5, 0.6) is 0 Å². The summed E-state index contributed by atoms with van der Waals surface area (Å²) < 4.78 is 0. The Morgan fingerprint density at radius 1 is 1.28 bits per heavy atom. The zero-order valence-electron chi connectivity index (χ0n) is 11.7. The molecular weight excluding hydrogens is 228 g/mol. The smallest absolute Gasteiger partial charge is 0.0648 e. The summed E-state index contributed by atoms with van der Waals surface area (Å²) in [4.78, 5) is 0. The Hall–Kier alpha value is -0.380. The van der Waals surface area contributed by atoms with Crippen LogP contribution in [0, 0.1) is 23.2 Å². The second-order valence-corrected chi connectivity index (χ2v) is 6.90. The van der Waals surface area contributed by atoms with E-state index in [1.807, 2.05) is 0 Å². The molecule has 0 saturated heterocycles. The predicted octanol–water partition coefficient (Wildman–Crippen LogP) is 1.72. The van der Waals surface area contributed by atoms with Gasteiger partial charge in [0, 0.05) is 12.5 Å². The van der Waals surface area contributed by atoms with Crippen LogP contribution in [0.15, 0.2) is 11.1 Å². The van der Waals surface area contributed by atoms with Gasteiger partial charge in [-0.3, -0.25) is 0 Å². The van der Waals surface area contributed by atoms with Crippen molar-refractivity contribution in [1.82, 2.24) is 0 Å². The number of allylic oxidation sites excluding steroid dienone is 1. The third-order valence-corrected chi connectivity index (χ3v) is 4.95. The molecule has 0 aromatic carbocycles. The highest BCUT2D eigenvalue weighted by Gasteiger charge is 2.44. The molecule has 0 heterocycles. The highest BCUT2D eigenvalue weighted by Crippen LogP contribution is 2.52. The first-order valence-corrected chi connectivity index (χ1v) is 7.01. The van der Waals surface area contributed by atoms with Crippen molar-refractivity contribution in [2.75, 3.05) is 13.2 Å². The normalized spacial score (nSPS) is 39.7. The molecule has 0 bridgehead atoms. The molecule has 2 rings (SSSR count). The molecule has 0 aromatic rings. The molecule has 0 aliphatic heterocycles. The zero-order valence-corrected chi connectivity index (χ0v) is 11.7. The van der Waals surface area contributed by atoms with Gasteiger partial charge in [0.15, 0.2) is 0 Å². The summed E-state index contributed by atoms with van der Waals surface area (Å²) in [5.74, 6) is 0.523. The minimum atomic E-state index is -0.375. The van der Waals surface area contributed by atoms with Crippen LogP contribution in [0.4, 0.5) is 0 Å². The van der Waals surface area contributed by atoms with Crippen molar-refractivity contribution in [3.8, 4) is 0 Å². The minimum absolute atomic E-state index is 0.0204. The van der Waals surface area contributed by atoms with Gasteiger partial charge >= 0.3 is 0 Å². The van der Waals surface area contributed by atoms with E-state index in [4.69, 9.17) is 0 Å². The molecule has 1 fully saturated rings. The SMILES string of the molecule is C[C@H]1[C@H](O)C[C@H](CO)C(CO)=C2CC(C)(C)C[C@H]21. The zero-order chi connectivity index (χ0) is 13.5. The first kappa shape index (κ1) is 14.0. The average molecular weight is 254 g/mol. The molecule has 18 heavy (non-hydrogen) atoms. The highest BCUT2D eigenvalue weighted by atomic mass is 16.3. The van der Waals surface area contributed by atoms with Gasteiger partial charge in [0.1, 0.15) is 0 Å². The Bertz CT molecular complexity index is 346. The number of hydrogen-bond acceptors (Lipinski definition) is 3. The Morgan fingerprint density at radius 2 is 1.94 bits per heavy atom.